The van der Waals surface area contributed by atoms with Gasteiger partial charge in [-0.3, -0.25) is 9.69 Å². The van der Waals surface area contributed by atoms with E-state index in [1.165, 1.54) is 6.42 Å². The van der Waals surface area contributed by atoms with Crippen molar-refractivity contribution in [2.24, 2.45) is 0 Å². The van der Waals surface area contributed by atoms with Crippen molar-refractivity contribution in [3.05, 3.63) is 47.2 Å². The largest absolute Gasteiger partial charge is 0.335 e. The number of nitrogens with zero attached hydrogens (tertiary/aromatic N) is 4. The lowest BCUT2D eigenvalue weighted by Gasteiger charge is -2.37. The average Bonchev–Trinajstić information content (AvgIpc) is 3.34. The van der Waals surface area contributed by atoms with Crippen molar-refractivity contribution in [2.75, 3.05) is 39.3 Å². The van der Waals surface area contributed by atoms with Crippen molar-refractivity contribution in [1.82, 2.24) is 24.9 Å². The molecule has 2 aliphatic rings. The summed E-state index contributed by atoms with van der Waals surface area (Å²) in [5.74, 6) is -0.00463. The number of carbonyl (C=O) groups is 1. The van der Waals surface area contributed by atoms with E-state index in [1.807, 2.05) is 29.2 Å². The molecule has 4 rings (SSSR count). The van der Waals surface area contributed by atoms with E-state index in [-0.39, 0.29) is 5.91 Å². The first-order valence-corrected chi connectivity index (χ1v) is 9.15. The molecule has 0 radical (unpaired) electrons. The highest BCUT2D eigenvalue weighted by atomic mass is 35.5. The Morgan fingerprint density at radius 3 is 2.68 bits per heavy atom. The molecule has 3 heterocycles. The number of para-hydroxylation sites is 1. The van der Waals surface area contributed by atoms with E-state index in [9.17, 15) is 4.79 Å². The lowest BCUT2D eigenvalue weighted by Crippen LogP contribution is -2.52. The molecule has 1 amide bonds. The third-order valence-electron chi connectivity index (χ3n) is 5.06. The summed E-state index contributed by atoms with van der Waals surface area (Å²) in [6, 6.07) is 9.87. The highest BCUT2D eigenvalue weighted by molar-refractivity contribution is 6.32. The zero-order chi connectivity index (χ0) is 17.2. The Hall–Kier alpha value is -1.89. The van der Waals surface area contributed by atoms with Crippen LogP contribution in [0.1, 0.15) is 16.9 Å². The summed E-state index contributed by atoms with van der Waals surface area (Å²) in [4.78, 5) is 17.1. The number of carbonyl (C=O) groups excluding carboxylic acids is 1. The summed E-state index contributed by atoms with van der Waals surface area (Å²) in [6.07, 6.45) is 2.99. The van der Waals surface area contributed by atoms with E-state index in [2.05, 4.69) is 15.3 Å². The van der Waals surface area contributed by atoms with Crippen LogP contribution in [0.15, 0.2) is 36.5 Å². The molecule has 1 aromatic carbocycles. The van der Waals surface area contributed by atoms with Crippen molar-refractivity contribution < 1.29 is 4.79 Å². The van der Waals surface area contributed by atoms with Crippen LogP contribution >= 0.6 is 11.6 Å². The first-order chi connectivity index (χ1) is 12.2. The number of piperazine rings is 1. The molecule has 1 aromatic heterocycles. The van der Waals surface area contributed by atoms with E-state index >= 15 is 0 Å². The van der Waals surface area contributed by atoms with Crippen molar-refractivity contribution >= 4 is 17.5 Å². The topological polar surface area (TPSA) is 53.4 Å². The number of rotatable bonds is 3. The van der Waals surface area contributed by atoms with Crippen LogP contribution in [0.25, 0.3) is 5.69 Å². The van der Waals surface area contributed by atoms with Gasteiger partial charge in [0.2, 0.25) is 0 Å². The highest BCUT2D eigenvalue weighted by Crippen LogP contribution is 2.20. The second kappa shape index (κ2) is 7.15. The first-order valence-electron chi connectivity index (χ1n) is 8.77. The van der Waals surface area contributed by atoms with Gasteiger partial charge in [0.15, 0.2) is 5.69 Å². The van der Waals surface area contributed by atoms with E-state index in [0.29, 0.717) is 16.8 Å². The molecule has 0 bridgehead atoms. The van der Waals surface area contributed by atoms with Crippen molar-refractivity contribution in [3.63, 3.8) is 0 Å². The minimum Gasteiger partial charge on any atom is -0.335 e. The van der Waals surface area contributed by atoms with Crippen LogP contribution in [0.3, 0.4) is 0 Å². The number of hydrogen-bond acceptors (Lipinski definition) is 4. The van der Waals surface area contributed by atoms with E-state index in [0.717, 1.165) is 45.0 Å². The van der Waals surface area contributed by atoms with Gasteiger partial charge in [0, 0.05) is 45.0 Å². The van der Waals surface area contributed by atoms with Gasteiger partial charge in [-0.05, 0) is 31.2 Å². The summed E-state index contributed by atoms with van der Waals surface area (Å²) < 4.78 is 1.66. The molecule has 25 heavy (non-hydrogen) atoms. The molecule has 1 atom stereocenters. The summed E-state index contributed by atoms with van der Waals surface area (Å²) in [6.45, 7) is 5.55. The molecule has 2 saturated heterocycles. The van der Waals surface area contributed by atoms with Gasteiger partial charge in [0.05, 0.1) is 10.7 Å². The molecule has 132 valence electrons. The molecule has 7 heteroatoms. The average molecular weight is 360 g/mol. The molecule has 0 aliphatic carbocycles. The number of hydrogen-bond donors (Lipinski definition) is 1. The van der Waals surface area contributed by atoms with Crippen LogP contribution in [-0.4, -0.2) is 70.8 Å². The summed E-state index contributed by atoms with van der Waals surface area (Å²) in [5.41, 5.74) is 1.25. The Morgan fingerprint density at radius 2 is 1.96 bits per heavy atom. The van der Waals surface area contributed by atoms with E-state index < -0.39 is 0 Å². The molecular weight excluding hydrogens is 338 g/mol. The fourth-order valence-corrected chi connectivity index (χ4v) is 3.84. The minimum atomic E-state index is -0.00463. The number of nitrogens with one attached hydrogen (secondary N) is 1. The Kier molecular flexibility index (Phi) is 4.74. The van der Waals surface area contributed by atoms with E-state index in [1.54, 1.807) is 16.9 Å². The molecule has 0 saturated carbocycles. The fourth-order valence-electron chi connectivity index (χ4n) is 3.61. The second-order valence-electron chi connectivity index (χ2n) is 6.57. The zero-order valence-corrected chi connectivity index (χ0v) is 14.8. The standard InChI is InChI=1S/C18H22ClN5O/c19-15-3-1-2-4-17(15)24-8-6-16(21-24)18(25)23-11-9-22(10-12-23)14-5-7-20-13-14/h1-4,6,8,14,20H,5,7,9-13H2. The van der Waals surface area contributed by atoms with Crippen LogP contribution in [0, 0.1) is 0 Å². The van der Waals surface area contributed by atoms with Crippen LogP contribution in [0.5, 0.6) is 0 Å². The van der Waals surface area contributed by atoms with Gasteiger partial charge in [0.25, 0.3) is 5.91 Å². The number of aromatic nitrogens is 2. The monoisotopic (exact) mass is 359 g/mol. The summed E-state index contributed by atoms with van der Waals surface area (Å²) in [7, 11) is 0. The molecule has 6 nitrogen and oxygen atoms in total. The fraction of sp³-hybridized carbons (Fsp3) is 0.444. The van der Waals surface area contributed by atoms with Crippen molar-refractivity contribution in [1.29, 1.82) is 0 Å². The second-order valence-corrected chi connectivity index (χ2v) is 6.98. The maximum atomic E-state index is 12.7. The van der Waals surface area contributed by atoms with Gasteiger partial charge < -0.3 is 10.2 Å². The van der Waals surface area contributed by atoms with Gasteiger partial charge in [-0.15, -0.1) is 0 Å². The maximum Gasteiger partial charge on any atom is 0.274 e. The minimum absolute atomic E-state index is 0.00463. The number of benzene rings is 1. The Labute approximate surface area is 152 Å². The Morgan fingerprint density at radius 1 is 1.16 bits per heavy atom. The van der Waals surface area contributed by atoms with E-state index in [4.69, 9.17) is 11.6 Å². The summed E-state index contributed by atoms with van der Waals surface area (Å²) >= 11 is 6.21. The molecule has 2 fully saturated rings. The first kappa shape index (κ1) is 16.6. The lowest BCUT2D eigenvalue weighted by molar-refractivity contribution is 0.0578. The van der Waals surface area contributed by atoms with Crippen molar-refractivity contribution in [3.8, 4) is 5.69 Å². The zero-order valence-electron chi connectivity index (χ0n) is 14.1. The Bertz CT molecular complexity index is 747. The Balaban J connectivity index is 1.41. The molecule has 2 aromatic rings. The van der Waals surface area contributed by atoms with Gasteiger partial charge in [-0.2, -0.15) is 5.10 Å². The number of halogens is 1. The molecule has 1 unspecified atom stereocenters. The predicted octanol–water partition coefficient (Wildman–Crippen LogP) is 1.65. The van der Waals surface area contributed by atoms with Crippen LogP contribution in [0.4, 0.5) is 0 Å². The van der Waals surface area contributed by atoms with Crippen molar-refractivity contribution in [2.45, 2.75) is 12.5 Å². The lowest BCUT2D eigenvalue weighted by atomic mass is 10.2. The quantitative estimate of drug-likeness (QED) is 0.905. The molecule has 0 spiro atoms. The molecule has 1 N–H and O–H groups in total. The van der Waals surface area contributed by atoms with Gasteiger partial charge in [0.1, 0.15) is 0 Å². The van der Waals surface area contributed by atoms with Crippen LogP contribution in [0.2, 0.25) is 5.02 Å². The molecular formula is C18H22ClN5O. The molecule has 2 aliphatic heterocycles. The SMILES string of the molecule is O=C(c1ccn(-c2ccccc2Cl)n1)N1CCN(C2CCNC2)CC1. The normalized spacial score (nSPS) is 21.6. The smallest absolute Gasteiger partial charge is 0.274 e. The van der Waals surface area contributed by atoms with Gasteiger partial charge in [-0.1, -0.05) is 23.7 Å². The van der Waals surface area contributed by atoms with Gasteiger partial charge >= 0.3 is 0 Å². The van der Waals surface area contributed by atoms with Crippen LogP contribution in [-0.2, 0) is 0 Å². The van der Waals surface area contributed by atoms with Crippen LogP contribution < -0.4 is 5.32 Å². The number of amides is 1. The van der Waals surface area contributed by atoms with Gasteiger partial charge in [-0.25, -0.2) is 4.68 Å². The maximum absolute atomic E-state index is 12.7. The summed E-state index contributed by atoms with van der Waals surface area (Å²) in [5, 5.41) is 8.45. The third-order valence-corrected chi connectivity index (χ3v) is 5.38. The predicted molar refractivity (Wildman–Crippen MR) is 97.3 cm³/mol. The third kappa shape index (κ3) is 3.42. The highest BCUT2D eigenvalue weighted by Gasteiger charge is 2.28.